The van der Waals surface area contributed by atoms with Crippen LogP contribution >= 0.6 is 0 Å². The third kappa shape index (κ3) is 2.61. The Morgan fingerprint density at radius 2 is 1.50 bits per heavy atom. The molecule has 0 spiro atoms. The summed E-state index contributed by atoms with van der Waals surface area (Å²) < 4.78 is 0. The van der Waals surface area contributed by atoms with Gasteiger partial charge in [-0.05, 0) is 57.5 Å². The summed E-state index contributed by atoms with van der Waals surface area (Å²) in [5, 5.41) is 0. The number of likely N-dealkylation sites (tertiary alicyclic amines) is 1. The van der Waals surface area contributed by atoms with Gasteiger partial charge < -0.3 is 0 Å². The average molecular weight is 225 g/mol. The summed E-state index contributed by atoms with van der Waals surface area (Å²) in [6.07, 6.45) is 5.43. The van der Waals surface area contributed by atoms with E-state index in [9.17, 15) is 0 Å². The molecule has 0 aromatic carbocycles. The van der Waals surface area contributed by atoms with E-state index >= 15 is 0 Å². The molecule has 1 aliphatic heterocycles. The molecule has 1 aliphatic rings. The second kappa shape index (κ2) is 5.08. The molecule has 0 amide bonds. The van der Waals surface area contributed by atoms with Crippen molar-refractivity contribution >= 4 is 0 Å². The van der Waals surface area contributed by atoms with Crippen molar-refractivity contribution in [2.24, 2.45) is 11.3 Å². The number of rotatable bonds is 4. The number of nitrogens with zero attached hydrogens (tertiary/aromatic N) is 1. The Morgan fingerprint density at radius 1 is 1.00 bits per heavy atom. The SMILES string of the molecule is CCC1CCN(C(C)(C)C(C)(C)CC)CC1. The Hall–Kier alpha value is -0.0400. The van der Waals surface area contributed by atoms with Gasteiger partial charge in [-0.3, -0.25) is 4.90 Å². The molecular weight excluding hydrogens is 194 g/mol. The van der Waals surface area contributed by atoms with E-state index < -0.39 is 0 Å². The van der Waals surface area contributed by atoms with E-state index in [0.29, 0.717) is 11.0 Å². The minimum absolute atomic E-state index is 0.334. The maximum absolute atomic E-state index is 2.72. The van der Waals surface area contributed by atoms with E-state index in [1.54, 1.807) is 0 Å². The zero-order valence-electron chi connectivity index (χ0n) is 12.3. The second-order valence-electron chi connectivity index (χ2n) is 6.64. The van der Waals surface area contributed by atoms with Crippen LogP contribution in [0.15, 0.2) is 0 Å². The molecule has 1 fully saturated rings. The van der Waals surface area contributed by atoms with Gasteiger partial charge >= 0.3 is 0 Å². The van der Waals surface area contributed by atoms with E-state index in [-0.39, 0.29) is 0 Å². The normalized spacial score (nSPS) is 21.4. The summed E-state index contributed by atoms with van der Waals surface area (Å²) in [5.41, 5.74) is 0.743. The van der Waals surface area contributed by atoms with E-state index in [1.165, 1.54) is 38.8 Å². The summed E-state index contributed by atoms with van der Waals surface area (Å²) in [4.78, 5) is 2.72. The highest BCUT2D eigenvalue weighted by molar-refractivity contribution is 4.95. The van der Waals surface area contributed by atoms with Crippen molar-refractivity contribution in [1.82, 2.24) is 4.90 Å². The van der Waals surface area contributed by atoms with E-state index in [4.69, 9.17) is 0 Å². The van der Waals surface area contributed by atoms with Crippen LogP contribution in [0, 0.1) is 11.3 Å². The van der Waals surface area contributed by atoms with Gasteiger partial charge in [0.25, 0.3) is 0 Å². The quantitative estimate of drug-likeness (QED) is 0.688. The molecule has 0 radical (unpaired) electrons. The van der Waals surface area contributed by atoms with Crippen molar-refractivity contribution in [2.45, 2.75) is 72.8 Å². The first kappa shape index (κ1) is 14.0. The minimum Gasteiger partial charge on any atom is -0.298 e. The van der Waals surface area contributed by atoms with Crippen molar-refractivity contribution < 1.29 is 0 Å². The van der Waals surface area contributed by atoms with Gasteiger partial charge in [0.2, 0.25) is 0 Å². The van der Waals surface area contributed by atoms with Gasteiger partial charge in [-0.15, -0.1) is 0 Å². The summed E-state index contributed by atoms with van der Waals surface area (Å²) in [5.74, 6) is 0.983. The summed E-state index contributed by atoms with van der Waals surface area (Å²) >= 11 is 0. The molecule has 16 heavy (non-hydrogen) atoms. The fourth-order valence-electron chi connectivity index (χ4n) is 2.76. The average Bonchev–Trinajstić information content (AvgIpc) is 2.29. The Balaban J connectivity index is 2.64. The van der Waals surface area contributed by atoms with E-state index in [2.05, 4.69) is 46.4 Å². The molecule has 0 saturated carbocycles. The van der Waals surface area contributed by atoms with Crippen LogP contribution < -0.4 is 0 Å². The monoisotopic (exact) mass is 225 g/mol. The topological polar surface area (TPSA) is 3.24 Å². The van der Waals surface area contributed by atoms with Crippen molar-refractivity contribution in [2.75, 3.05) is 13.1 Å². The highest BCUT2D eigenvalue weighted by atomic mass is 15.2. The molecular formula is C15H31N. The van der Waals surface area contributed by atoms with Crippen LogP contribution in [0.2, 0.25) is 0 Å². The minimum atomic E-state index is 0.334. The molecule has 96 valence electrons. The first-order chi connectivity index (χ1) is 7.35. The first-order valence-corrected chi connectivity index (χ1v) is 7.10. The second-order valence-corrected chi connectivity index (χ2v) is 6.64. The van der Waals surface area contributed by atoms with Crippen molar-refractivity contribution in [1.29, 1.82) is 0 Å². The van der Waals surface area contributed by atoms with Crippen LogP contribution in [0.25, 0.3) is 0 Å². The molecule has 1 saturated heterocycles. The van der Waals surface area contributed by atoms with Crippen LogP contribution in [0.3, 0.4) is 0 Å². The van der Waals surface area contributed by atoms with Gasteiger partial charge in [-0.2, -0.15) is 0 Å². The summed E-state index contributed by atoms with van der Waals surface area (Å²) in [6.45, 7) is 17.0. The maximum atomic E-state index is 2.72. The molecule has 0 aromatic heterocycles. The van der Waals surface area contributed by atoms with Crippen LogP contribution in [0.5, 0.6) is 0 Å². The molecule has 1 heteroatoms. The molecule has 1 heterocycles. The smallest absolute Gasteiger partial charge is 0.0204 e. The Kier molecular flexibility index (Phi) is 4.45. The van der Waals surface area contributed by atoms with Crippen molar-refractivity contribution in [3.05, 3.63) is 0 Å². The molecule has 0 aromatic rings. The molecule has 0 bridgehead atoms. The molecule has 0 aliphatic carbocycles. The predicted octanol–water partition coefficient (Wildman–Crippen LogP) is 4.32. The first-order valence-electron chi connectivity index (χ1n) is 7.10. The summed E-state index contributed by atoms with van der Waals surface area (Å²) in [6, 6.07) is 0. The van der Waals surface area contributed by atoms with Gasteiger partial charge in [0, 0.05) is 5.54 Å². The zero-order chi connectivity index (χ0) is 12.4. The van der Waals surface area contributed by atoms with Gasteiger partial charge in [0.1, 0.15) is 0 Å². The standard InChI is InChI=1S/C15H31N/c1-7-13-9-11-16(12-10-13)15(5,6)14(3,4)8-2/h13H,7-12H2,1-6H3. The third-order valence-electron chi connectivity index (χ3n) is 5.52. The van der Waals surface area contributed by atoms with Crippen LogP contribution in [-0.2, 0) is 0 Å². The Morgan fingerprint density at radius 3 is 1.88 bits per heavy atom. The number of hydrogen-bond acceptors (Lipinski definition) is 1. The summed E-state index contributed by atoms with van der Waals surface area (Å²) in [7, 11) is 0. The molecule has 1 rings (SSSR count). The van der Waals surface area contributed by atoms with Crippen LogP contribution in [0.4, 0.5) is 0 Å². The Bertz CT molecular complexity index is 209. The lowest BCUT2D eigenvalue weighted by Gasteiger charge is -2.51. The third-order valence-corrected chi connectivity index (χ3v) is 5.52. The van der Waals surface area contributed by atoms with Gasteiger partial charge in [-0.25, -0.2) is 0 Å². The molecule has 0 atom stereocenters. The highest BCUT2D eigenvalue weighted by Gasteiger charge is 2.41. The fraction of sp³-hybridized carbons (Fsp3) is 1.00. The zero-order valence-corrected chi connectivity index (χ0v) is 12.3. The molecule has 0 unspecified atom stereocenters. The number of hydrogen-bond donors (Lipinski definition) is 0. The lowest BCUT2D eigenvalue weighted by Crippen LogP contribution is -2.56. The largest absolute Gasteiger partial charge is 0.298 e. The highest BCUT2D eigenvalue weighted by Crippen LogP contribution is 2.40. The van der Waals surface area contributed by atoms with Gasteiger partial charge in [-0.1, -0.05) is 34.1 Å². The van der Waals surface area contributed by atoms with E-state index in [1.807, 2.05) is 0 Å². The maximum Gasteiger partial charge on any atom is 0.0204 e. The lowest BCUT2D eigenvalue weighted by atomic mass is 9.70. The predicted molar refractivity (Wildman–Crippen MR) is 72.7 cm³/mol. The van der Waals surface area contributed by atoms with Crippen molar-refractivity contribution in [3.8, 4) is 0 Å². The fourth-order valence-corrected chi connectivity index (χ4v) is 2.76. The lowest BCUT2D eigenvalue weighted by molar-refractivity contribution is -0.0138. The molecule has 1 nitrogen and oxygen atoms in total. The Labute approximate surface area is 103 Å². The van der Waals surface area contributed by atoms with Gasteiger partial charge in [0.15, 0.2) is 0 Å². The van der Waals surface area contributed by atoms with Crippen molar-refractivity contribution in [3.63, 3.8) is 0 Å². The van der Waals surface area contributed by atoms with E-state index in [0.717, 1.165) is 5.92 Å². The number of piperidine rings is 1. The van der Waals surface area contributed by atoms with Crippen LogP contribution in [0.1, 0.15) is 67.2 Å². The van der Waals surface area contributed by atoms with Gasteiger partial charge in [0.05, 0.1) is 0 Å². The molecule has 0 N–H and O–H groups in total. The van der Waals surface area contributed by atoms with Crippen LogP contribution in [-0.4, -0.2) is 23.5 Å².